The summed E-state index contributed by atoms with van der Waals surface area (Å²) in [6.45, 7) is 10.4. The van der Waals surface area contributed by atoms with Crippen molar-refractivity contribution in [1.29, 1.82) is 0 Å². The highest BCUT2D eigenvalue weighted by Crippen LogP contribution is 2.35. The third-order valence-corrected chi connectivity index (χ3v) is 5.91. The van der Waals surface area contributed by atoms with Crippen molar-refractivity contribution < 1.29 is 9.59 Å². The van der Waals surface area contributed by atoms with E-state index in [1.54, 1.807) is 0 Å². The largest absolute Gasteiger partial charge is 0.350 e. The van der Waals surface area contributed by atoms with Gasteiger partial charge >= 0.3 is 0 Å². The van der Waals surface area contributed by atoms with Crippen LogP contribution < -0.4 is 10.2 Å². The van der Waals surface area contributed by atoms with Crippen molar-refractivity contribution in [2.75, 3.05) is 10.2 Å². The van der Waals surface area contributed by atoms with Crippen LogP contribution in [0, 0.1) is 13.8 Å². The minimum atomic E-state index is -0.351. The van der Waals surface area contributed by atoms with Gasteiger partial charge in [-0.25, -0.2) is 4.90 Å². The summed E-state index contributed by atoms with van der Waals surface area (Å²) in [5.41, 5.74) is 6.09. The normalized spacial score (nSPS) is 14.3. The first-order valence-electron chi connectivity index (χ1n) is 10.8. The predicted molar refractivity (Wildman–Crippen MR) is 131 cm³/mol. The van der Waals surface area contributed by atoms with Gasteiger partial charge in [-0.3, -0.25) is 9.59 Å². The fourth-order valence-corrected chi connectivity index (χ4v) is 3.82. The number of benzene rings is 3. The molecule has 4 heteroatoms. The Hall–Kier alpha value is -3.66. The van der Waals surface area contributed by atoms with E-state index in [1.165, 1.54) is 4.90 Å². The molecule has 4 nitrogen and oxygen atoms in total. The highest BCUT2D eigenvalue weighted by molar-refractivity contribution is 6.46. The summed E-state index contributed by atoms with van der Waals surface area (Å²) >= 11 is 0. The van der Waals surface area contributed by atoms with Crippen molar-refractivity contribution in [1.82, 2.24) is 0 Å². The Balaban J connectivity index is 1.80. The number of rotatable bonds is 4. The third-order valence-electron chi connectivity index (χ3n) is 5.91. The Morgan fingerprint density at radius 2 is 1.41 bits per heavy atom. The quantitative estimate of drug-likeness (QED) is 0.523. The summed E-state index contributed by atoms with van der Waals surface area (Å²) in [7, 11) is 0. The molecule has 32 heavy (non-hydrogen) atoms. The maximum Gasteiger partial charge on any atom is 0.282 e. The van der Waals surface area contributed by atoms with E-state index in [0.29, 0.717) is 17.0 Å². The molecule has 162 valence electrons. The standard InChI is InChI=1S/C28H28N2O2/c1-18-11-12-20(17-19(18)2)24-25(29-22-9-7-6-8-10-22)27(32)30(26(24)31)23-15-13-21(14-16-23)28(3,4)5/h6-17,29H,1-5H3. The summed E-state index contributed by atoms with van der Waals surface area (Å²) in [6, 6.07) is 23.0. The molecule has 4 rings (SSSR count). The molecule has 0 spiro atoms. The minimum absolute atomic E-state index is 0.0135. The lowest BCUT2D eigenvalue weighted by molar-refractivity contribution is -0.120. The Morgan fingerprint density at radius 3 is 2.00 bits per heavy atom. The Bertz CT molecular complexity index is 1220. The second kappa shape index (κ2) is 8.12. The van der Waals surface area contributed by atoms with Crippen LogP contribution in [0.25, 0.3) is 5.57 Å². The van der Waals surface area contributed by atoms with Crippen LogP contribution in [0.3, 0.4) is 0 Å². The molecule has 0 fully saturated rings. The van der Waals surface area contributed by atoms with E-state index in [9.17, 15) is 9.59 Å². The number of para-hydroxylation sites is 1. The van der Waals surface area contributed by atoms with Crippen molar-refractivity contribution in [2.24, 2.45) is 0 Å². The predicted octanol–water partition coefficient (Wildman–Crippen LogP) is 6.00. The second-order valence-corrected chi connectivity index (χ2v) is 9.28. The van der Waals surface area contributed by atoms with E-state index in [0.717, 1.165) is 27.9 Å². The smallest absolute Gasteiger partial charge is 0.282 e. The SMILES string of the molecule is Cc1ccc(C2=C(Nc3ccccc3)C(=O)N(c3ccc(C(C)(C)C)cc3)C2=O)cc1C. The number of nitrogens with one attached hydrogen (secondary N) is 1. The van der Waals surface area contributed by atoms with Crippen LogP contribution in [0.2, 0.25) is 0 Å². The molecule has 0 bridgehead atoms. The van der Waals surface area contributed by atoms with E-state index in [4.69, 9.17) is 0 Å². The molecule has 1 aliphatic heterocycles. The second-order valence-electron chi connectivity index (χ2n) is 9.28. The molecular weight excluding hydrogens is 396 g/mol. The van der Waals surface area contributed by atoms with Gasteiger partial charge in [-0.05, 0) is 65.8 Å². The number of carbonyl (C=O) groups is 2. The van der Waals surface area contributed by atoms with Crippen molar-refractivity contribution in [3.05, 3.63) is 101 Å². The van der Waals surface area contributed by atoms with Gasteiger partial charge in [0.25, 0.3) is 11.8 Å². The van der Waals surface area contributed by atoms with Gasteiger partial charge < -0.3 is 5.32 Å². The molecule has 1 aliphatic rings. The van der Waals surface area contributed by atoms with Crippen LogP contribution in [0.15, 0.2) is 78.5 Å². The number of amides is 2. The summed E-state index contributed by atoms with van der Waals surface area (Å²) in [4.78, 5) is 28.4. The summed E-state index contributed by atoms with van der Waals surface area (Å²) in [5.74, 6) is -0.671. The molecule has 0 radical (unpaired) electrons. The zero-order chi connectivity index (χ0) is 23.0. The molecule has 2 amide bonds. The molecule has 3 aromatic carbocycles. The lowest BCUT2D eigenvalue weighted by Crippen LogP contribution is -2.32. The molecule has 0 aliphatic carbocycles. The number of imide groups is 1. The Kier molecular flexibility index (Phi) is 5.47. The first-order chi connectivity index (χ1) is 15.2. The van der Waals surface area contributed by atoms with Crippen molar-refractivity contribution in [3.8, 4) is 0 Å². The molecule has 3 aromatic rings. The lowest BCUT2D eigenvalue weighted by atomic mass is 9.87. The topological polar surface area (TPSA) is 49.4 Å². The van der Waals surface area contributed by atoms with Crippen LogP contribution in [0.5, 0.6) is 0 Å². The maximum atomic E-state index is 13.6. The number of hydrogen-bond donors (Lipinski definition) is 1. The number of anilines is 2. The van der Waals surface area contributed by atoms with Gasteiger partial charge in [-0.15, -0.1) is 0 Å². The molecular formula is C28H28N2O2. The van der Waals surface area contributed by atoms with Gasteiger partial charge in [0, 0.05) is 5.69 Å². The van der Waals surface area contributed by atoms with Gasteiger partial charge in [0.05, 0.1) is 11.3 Å². The van der Waals surface area contributed by atoms with Gasteiger partial charge in [-0.2, -0.15) is 0 Å². The first-order valence-corrected chi connectivity index (χ1v) is 10.8. The highest BCUT2D eigenvalue weighted by Gasteiger charge is 2.40. The van der Waals surface area contributed by atoms with E-state index in [2.05, 4.69) is 26.1 Å². The van der Waals surface area contributed by atoms with Gasteiger partial charge in [0.2, 0.25) is 0 Å². The highest BCUT2D eigenvalue weighted by atomic mass is 16.2. The number of aryl methyl sites for hydroxylation is 2. The first kappa shape index (κ1) is 21.6. The molecule has 0 aromatic heterocycles. The van der Waals surface area contributed by atoms with Crippen molar-refractivity contribution in [2.45, 2.75) is 40.0 Å². The van der Waals surface area contributed by atoms with Gasteiger partial charge in [0.15, 0.2) is 0 Å². The lowest BCUT2D eigenvalue weighted by Gasteiger charge is -2.21. The van der Waals surface area contributed by atoms with Crippen LogP contribution in [-0.4, -0.2) is 11.8 Å². The summed E-state index contributed by atoms with van der Waals surface area (Å²) in [6.07, 6.45) is 0. The molecule has 1 heterocycles. The van der Waals surface area contributed by atoms with E-state index < -0.39 is 0 Å². The Morgan fingerprint density at radius 1 is 0.750 bits per heavy atom. The van der Waals surface area contributed by atoms with E-state index in [-0.39, 0.29) is 17.2 Å². The van der Waals surface area contributed by atoms with Crippen LogP contribution >= 0.6 is 0 Å². The fraction of sp³-hybridized carbons (Fsp3) is 0.214. The monoisotopic (exact) mass is 424 g/mol. The van der Waals surface area contributed by atoms with Crippen molar-refractivity contribution >= 4 is 28.8 Å². The average molecular weight is 425 g/mol. The van der Waals surface area contributed by atoms with Gasteiger partial charge in [0.1, 0.15) is 5.70 Å². The number of nitrogens with zero attached hydrogens (tertiary/aromatic N) is 1. The minimum Gasteiger partial charge on any atom is -0.350 e. The molecule has 1 N–H and O–H groups in total. The summed E-state index contributed by atoms with van der Waals surface area (Å²) in [5, 5.41) is 3.21. The van der Waals surface area contributed by atoms with Gasteiger partial charge in [-0.1, -0.05) is 69.3 Å². The fourth-order valence-electron chi connectivity index (χ4n) is 3.82. The van der Waals surface area contributed by atoms with Crippen LogP contribution in [0.4, 0.5) is 11.4 Å². The van der Waals surface area contributed by atoms with E-state index in [1.807, 2.05) is 86.6 Å². The molecule has 0 unspecified atom stereocenters. The zero-order valence-electron chi connectivity index (χ0n) is 19.2. The van der Waals surface area contributed by atoms with E-state index >= 15 is 0 Å². The average Bonchev–Trinajstić information content (AvgIpc) is 3.00. The molecule has 0 saturated heterocycles. The zero-order valence-corrected chi connectivity index (χ0v) is 19.2. The summed E-state index contributed by atoms with van der Waals surface area (Å²) < 4.78 is 0. The Labute approximate surface area is 189 Å². The molecule has 0 saturated carbocycles. The van der Waals surface area contributed by atoms with Crippen LogP contribution in [0.1, 0.15) is 43.0 Å². The van der Waals surface area contributed by atoms with Crippen LogP contribution in [-0.2, 0) is 15.0 Å². The molecule has 0 atom stereocenters. The number of carbonyl (C=O) groups excluding carboxylic acids is 2. The number of hydrogen-bond acceptors (Lipinski definition) is 3. The third kappa shape index (κ3) is 3.96. The van der Waals surface area contributed by atoms with Crippen molar-refractivity contribution in [3.63, 3.8) is 0 Å². The maximum absolute atomic E-state index is 13.6.